The third kappa shape index (κ3) is 5.52. The van der Waals surface area contributed by atoms with Crippen molar-refractivity contribution in [1.29, 1.82) is 0 Å². The van der Waals surface area contributed by atoms with Gasteiger partial charge in [-0.25, -0.2) is 8.51 Å². The summed E-state index contributed by atoms with van der Waals surface area (Å²) in [5.74, 6) is -0.356. The molecule has 7 nitrogen and oxygen atoms in total. The third-order valence-electron chi connectivity index (χ3n) is 4.97. The molecule has 3 aromatic rings. The number of aromatic nitrogens is 2. The first kappa shape index (κ1) is 23.4. The second kappa shape index (κ2) is 9.93. The Bertz CT molecular complexity index is 1110. The van der Waals surface area contributed by atoms with Crippen molar-refractivity contribution >= 4 is 28.4 Å². The van der Waals surface area contributed by atoms with Crippen molar-refractivity contribution in [1.82, 2.24) is 14.3 Å². The van der Waals surface area contributed by atoms with Crippen LogP contribution in [0.1, 0.15) is 35.6 Å². The van der Waals surface area contributed by atoms with Gasteiger partial charge in [0.2, 0.25) is 5.91 Å². The monoisotopic (exact) mass is 450 g/mol. The Balaban J connectivity index is 1.62. The van der Waals surface area contributed by atoms with Crippen LogP contribution >= 0.6 is 0 Å². The Hall–Kier alpha value is -3.23. The number of ketones is 1. The van der Waals surface area contributed by atoms with Gasteiger partial charge in [-0.15, -0.1) is 0 Å². The van der Waals surface area contributed by atoms with E-state index >= 15 is 0 Å². The largest absolute Gasteiger partial charge is 0.324 e. The van der Waals surface area contributed by atoms with Gasteiger partial charge in [-0.05, 0) is 69.9 Å². The first-order chi connectivity index (χ1) is 15.2. The number of carbonyl (C=O) groups excluding carboxylic acids is 2. The van der Waals surface area contributed by atoms with Gasteiger partial charge in [0.15, 0.2) is 5.78 Å². The van der Waals surface area contributed by atoms with Gasteiger partial charge >= 0.3 is 0 Å². The molecular weight excluding hydrogens is 424 g/mol. The molecule has 0 aliphatic heterocycles. The molecule has 0 saturated carbocycles. The maximum Gasteiger partial charge on any atom is 0.228 e. The zero-order valence-corrected chi connectivity index (χ0v) is 19.3. The van der Waals surface area contributed by atoms with E-state index in [2.05, 4.69) is 15.3 Å². The molecule has 1 amide bonds. The van der Waals surface area contributed by atoms with Gasteiger partial charge in [-0.1, -0.05) is 18.2 Å². The summed E-state index contributed by atoms with van der Waals surface area (Å²) in [7, 11) is 2.26. The molecule has 166 valence electrons. The molecule has 2 heterocycles. The van der Waals surface area contributed by atoms with Gasteiger partial charge < -0.3 is 5.32 Å². The Kier molecular flexibility index (Phi) is 7.27. The first-order valence-corrected chi connectivity index (χ1v) is 11.2. The summed E-state index contributed by atoms with van der Waals surface area (Å²) >= 11 is 0. The Labute approximate surface area is 190 Å². The predicted molar refractivity (Wildman–Crippen MR) is 125 cm³/mol. The molecule has 0 radical (unpaired) electrons. The van der Waals surface area contributed by atoms with Crippen molar-refractivity contribution in [3.8, 4) is 0 Å². The minimum atomic E-state index is -1.22. The number of pyridine rings is 2. The van der Waals surface area contributed by atoms with Crippen molar-refractivity contribution in [3.63, 3.8) is 0 Å². The summed E-state index contributed by atoms with van der Waals surface area (Å²) in [5, 5.41) is 2.79. The normalized spacial score (nSPS) is 12.4. The summed E-state index contributed by atoms with van der Waals surface area (Å²) in [4.78, 5) is 34.6. The van der Waals surface area contributed by atoms with Gasteiger partial charge in [0, 0.05) is 6.20 Å². The molecule has 8 heteroatoms. The lowest BCUT2D eigenvalue weighted by atomic mass is 9.82. The minimum absolute atomic E-state index is 0.149. The van der Waals surface area contributed by atoms with E-state index in [1.165, 1.54) is 6.20 Å². The SMILES string of the molecule is CN(C)S(=O)c1ccc(CC(=O)Nc2ccc(C(=O)C(C)(C)c3ccccn3)nc2)cc1. The number of amides is 1. The van der Waals surface area contributed by atoms with Crippen LogP contribution in [0, 0.1) is 0 Å². The zero-order valence-electron chi connectivity index (χ0n) is 18.5. The Morgan fingerprint density at radius 3 is 2.28 bits per heavy atom. The number of benzene rings is 1. The summed E-state index contributed by atoms with van der Waals surface area (Å²) in [6.45, 7) is 3.63. The number of rotatable bonds is 8. The Morgan fingerprint density at radius 2 is 1.72 bits per heavy atom. The van der Waals surface area contributed by atoms with Crippen LogP contribution in [0.15, 0.2) is 71.9 Å². The third-order valence-corrected chi connectivity index (χ3v) is 6.31. The fraction of sp³-hybridized carbons (Fsp3) is 0.250. The van der Waals surface area contributed by atoms with Gasteiger partial charge in [0.25, 0.3) is 0 Å². The number of Topliss-reactive ketones (excluding diaryl/α,β-unsaturated/α-hetero) is 1. The number of hydrogen-bond donors (Lipinski definition) is 1. The van der Waals surface area contributed by atoms with E-state index in [1.54, 1.807) is 67.1 Å². The molecule has 1 N–H and O–H groups in total. The average Bonchev–Trinajstić information content (AvgIpc) is 2.79. The highest BCUT2D eigenvalue weighted by atomic mass is 32.2. The average molecular weight is 451 g/mol. The lowest BCUT2D eigenvalue weighted by Crippen LogP contribution is -2.30. The molecular formula is C24H26N4O3S. The van der Waals surface area contributed by atoms with Gasteiger partial charge in [0.05, 0.1) is 34.3 Å². The molecule has 0 fully saturated rings. The predicted octanol–water partition coefficient (Wildman–Crippen LogP) is 3.40. The second-order valence-electron chi connectivity index (χ2n) is 8.03. The van der Waals surface area contributed by atoms with E-state index in [0.29, 0.717) is 22.0 Å². The summed E-state index contributed by atoms with van der Waals surface area (Å²) in [5.41, 5.74) is 1.47. The molecule has 0 saturated heterocycles. The lowest BCUT2D eigenvalue weighted by Gasteiger charge is -2.22. The molecule has 0 aliphatic carbocycles. The molecule has 0 spiro atoms. The minimum Gasteiger partial charge on any atom is -0.324 e. The fourth-order valence-corrected chi connectivity index (χ4v) is 3.89. The topological polar surface area (TPSA) is 92.3 Å². The molecule has 0 aliphatic rings. The standard InChI is InChI=1S/C24H26N4O3S/c1-24(2,21-7-5-6-14-25-21)23(30)20-13-10-18(16-26-20)27-22(29)15-17-8-11-19(12-9-17)32(31)28(3)4/h5-14,16H,15H2,1-4H3,(H,27,29). The second-order valence-corrected chi connectivity index (χ2v) is 9.73. The summed E-state index contributed by atoms with van der Waals surface area (Å²) in [6.07, 6.45) is 3.30. The number of carbonyl (C=O) groups is 2. The molecule has 32 heavy (non-hydrogen) atoms. The van der Waals surface area contributed by atoms with Crippen LogP contribution in [0.2, 0.25) is 0 Å². The van der Waals surface area contributed by atoms with Gasteiger partial charge in [-0.2, -0.15) is 0 Å². The molecule has 1 unspecified atom stereocenters. The summed E-state index contributed by atoms with van der Waals surface area (Å²) < 4.78 is 13.7. The van der Waals surface area contributed by atoms with Crippen LogP contribution in [-0.4, -0.2) is 44.3 Å². The van der Waals surface area contributed by atoms with Crippen LogP contribution in [0.5, 0.6) is 0 Å². The van der Waals surface area contributed by atoms with E-state index < -0.39 is 16.4 Å². The molecule has 1 atom stereocenters. The highest BCUT2D eigenvalue weighted by Crippen LogP contribution is 2.25. The smallest absolute Gasteiger partial charge is 0.228 e. The number of nitrogens with zero attached hydrogens (tertiary/aromatic N) is 3. The number of hydrogen-bond acceptors (Lipinski definition) is 5. The molecule has 3 rings (SSSR count). The summed E-state index contributed by atoms with van der Waals surface area (Å²) in [6, 6.07) is 15.8. The van der Waals surface area contributed by atoms with Crippen molar-refractivity contribution in [2.75, 3.05) is 19.4 Å². The van der Waals surface area contributed by atoms with E-state index in [-0.39, 0.29) is 18.1 Å². The first-order valence-electron chi connectivity index (χ1n) is 10.1. The quantitative estimate of drug-likeness (QED) is 0.531. The van der Waals surface area contributed by atoms with Crippen molar-refractivity contribution in [2.24, 2.45) is 0 Å². The van der Waals surface area contributed by atoms with Crippen LogP contribution in [-0.2, 0) is 27.6 Å². The van der Waals surface area contributed by atoms with Gasteiger partial charge in [-0.3, -0.25) is 19.6 Å². The van der Waals surface area contributed by atoms with E-state index in [9.17, 15) is 13.8 Å². The van der Waals surface area contributed by atoms with Crippen molar-refractivity contribution in [2.45, 2.75) is 30.6 Å². The maximum atomic E-state index is 12.9. The lowest BCUT2D eigenvalue weighted by molar-refractivity contribution is -0.115. The van der Waals surface area contributed by atoms with Crippen LogP contribution < -0.4 is 5.32 Å². The number of anilines is 1. The Morgan fingerprint density at radius 1 is 1.00 bits per heavy atom. The highest BCUT2D eigenvalue weighted by Gasteiger charge is 2.32. The van der Waals surface area contributed by atoms with Gasteiger partial charge in [0.1, 0.15) is 16.7 Å². The van der Waals surface area contributed by atoms with Crippen molar-refractivity contribution in [3.05, 3.63) is 83.9 Å². The van der Waals surface area contributed by atoms with E-state index in [1.807, 2.05) is 26.0 Å². The molecule has 0 bridgehead atoms. The van der Waals surface area contributed by atoms with Crippen molar-refractivity contribution < 1.29 is 13.8 Å². The zero-order chi connectivity index (χ0) is 23.3. The van der Waals surface area contributed by atoms with Crippen LogP contribution in [0.3, 0.4) is 0 Å². The van der Waals surface area contributed by atoms with E-state index in [4.69, 9.17) is 0 Å². The molecule has 1 aromatic carbocycles. The van der Waals surface area contributed by atoms with Crippen LogP contribution in [0.4, 0.5) is 5.69 Å². The highest BCUT2D eigenvalue weighted by molar-refractivity contribution is 7.82. The maximum absolute atomic E-state index is 12.9. The van der Waals surface area contributed by atoms with E-state index in [0.717, 1.165) is 5.56 Å². The number of nitrogens with one attached hydrogen (secondary N) is 1. The van der Waals surface area contributed by atoms with Crippen LogP contribution in [0.25, 0.3) is 0 Å². The fourth-order valence-electron chi connectivity index (χ4n) is 3.10. The molecule has 2 aromatic heterocycles.